The van der Waals surface area contributed by atoms with Gasteiger partial charge in [0.25, 0.3) is 0 Å². The largest absolute Gasteiger partial charge is 0.376 e. The van der Waals surface area contributed by atoms with Gasteiger partial charge in [-0.1, -0.05) is 45.2 Å². The number of halogens is 3. The van der Waals surface area contributed by atoms with Crippen LogP contribution in [-0.4, -0.2) is 12.4 Å². The summed E-state index contributed by atoms with van der Waals surface area (Å²) in [5, 5.41) is 1.99. The Morgan fingerprint density at radius 3 is 2.62 bits per heavy atom. The molecule has 0 fully saturated rings. The number of alkyl halides is 1. The molecule has 1 rings (SSSR count). The van der Waals surface area contributed by atoms with E-state index in [1.807, 2.05) is 6.07 Å². The lowest BCUT2D eigenvalue weighted by Crippen LogP contribution is -2.03. The van der Waals surface area contributed by atoms with Crippen molar-refractivity contribution in [3.63, 3.8) is 0 Å². The van der Waals surface area contributed by atoms with Crippen molar-refractivity contribution in [1.29, 1.82) is 0 Å². The predicted octanol–water partition coefficient (Wildman–Crippen LogP) is 4.08. The third kappa shape index (κ3) is 2.84. The molecule has 1 unspecified atom stereocenters. The van der Waals surface area contributed by atoms with Gasteiger partial charge in [-0.05, 0) is 12.1 Å². The molecular weight excluding hydrogens is 275 g/mol. The Hall–Kier alpha value is 0.240. The lowest BCUT2D eigenvalue weighted by Gasteiger charge is -2.13. The maximum absolute atomic E-state index is 6.00. The summed E-state index contributed by atoms with van der Waals surface area (Å²) < 4.78 is 5.23. The number of ether oxygens (including phenoxy) is 1. The second-order valence-electron chi connectivity index (χ2n) is 2.54. The van der Waals surface area contributed by atoms with Crippen molar-refractivity contribution in [3.8, 4) is 0 Å². The molecule has 13 heavy (non-hydrogen) atoms. The summed E-state index contributed by atoms with van der Waals surface area (Å²) in [7, 11) is 1.65. The molecule has 1 atom stereocenters. The SMILES string of the molecule is COC(CBr)c1ccc(Cl)cc1Cl. The number of hydrogen-bond acceptors (Lipinski definition) is 1. The minimum atomic E-state index is -0.0234. The fourth-order valence-electron chi connectivity index (χ4n) is 1.04. The first-order valence-electron chi connectivity index (χ1n) is 3.72. The third-order valence-electron chi connectivity index (χ3n) is 1.73. The van der Waals surface area contributed by atoms with Crippen LogP contribution in [-0.2, 0) is 4.74 Å². The van der Waals surface area contributed by atoms with Crippen LogP contribution in [0.15, 0.2) is 18.2 Å². The summed E-state index contributed by atoms with van der Waals surface area (Å²) in [6.45, 7) is 0. The lowest BCUT2D eigenvalue weighted by atomic mass is 10.1. The van der Waals surface area contributed by atoms with Gasteiger partial charge in [0, 0.05) is 28.0 Å². The van der Waals surface area contributed by atoms with E-state index in [9.17, 15) is 0 Å². The predicted molar refractivity (Wildman–Crippen MR) is 60.0 cm³/mol. The molecule has 0 aliphatic rings. The van der Waals surface area contributed by atoms with Crippen molar-refractivity contribution in [1.82, 2.24) is 0 Å². The van der Waals surface area contributed by atoms with Gasteiger partial charge in [0.1, 0.15) is 0 Å². The summed E-state index contributed by atoms with van der Waals surface area (Å²) in [4.78, 5) is 0. The molecule has 0 N–H and O–H groups in total. The Labute approximate surface area is 96.1 Å². The summed E-state index contributed by atoms with van der Waals surface area (Å²) >= 11 is 15.1. The molecule has 0 saturated heterocycles. The second kappa shape index (κ2) is 5.20. The molecule has 0 amide bonds. The number of hydrogen-bond donors (Lipinski definition) is 0. The van der Waals surface area contributed by atoms with E-state index in [0.717, 1.165) is 5.56 Å². The summed E-state index contributed by atoms with van der Waals surface area (Å²) in [5.41, 5.74) is 0.949. The van der Waals surface area contributed by atoms with E-state index >= 15 is 0 Å². The van der Waals surface area contributed by atoms with E-state index in [1.54, 1.807) is 19.2 Å². The Balaban J connectivity index is 2.99. The minimum absolute atomic E-state index is 0.0234. The van der Waals surface area contributed by atoms with Gasteiger partial charge in [-0.2, -0.15) is 0 Å². The number of methoxy groups -OCH3 is 1. The first-order valence-corrected chi connectivity index (χ1v) is 5.60. The van der Waals surface area contributed by atoms with Gasteiger partial charge in [0.05, 0.1) is 6.10 Å². The number of benzene rings is 1. The molecule has 0 radical (unpaired) electrons. The molecule has 1 nitrogen and oxygen atoms in total. The molecule has 0 saturated carbocycles. The van der Waals surface area contributed by atoms with Crippen LogP contribution in [0.5, 0.6) is 0 Å². The van der Waals surface area contributed by atoms with Crippen molar-refractivity contribution in [2.24, 2.45) is 0 Å². The fourth-order valence-corrected chi connectivity index (χ4v) is 2.18. The van der Waals surface area contributed by atoms with Crippen molar-refractivity contribution in [2.75, 3.05) is 12.4 Å². The van der Waals surface area contributed by atoms with Crippen LogP contribution in [0.25, 0.3) is 0 Å². The quantitative estimate of drug-likeness (QED) is 0.760. The van der Waals surface area contributed by atoms with E-state index in [2.05, 4.69) is 15.9 Å². The lowest BCUT2D eigenvalue weighted by molar-refractivity contribution is 0.124. The van der Waals surface area contributed by atoms with E-state index in [0.29, 0.717) is 15.4 Å². The Morgan fingerprint density at radius 1 is 1.46 bits per heavy atom. The highest BCUT2D eigenvalue weighted by atomic mass is 79.9. The van der Waals surface area contributed by atoms with E-state index < -0.39 is 0 Å². The van der Waals surface area contributed by atoms with Crippen molar-refractivity contribution in [3.05, 3.63) is 33.8 Å². The molecule has 4 heteroatoms. The fraction of sp³-hybridized carbons (Fsp3) is 0.333. The number of rotatable bonds is 3. The Kier molecular flexibility index (Phi) is 4.53. The summed E-state index contributed by atoms with van der Waals surface area (Å²) in [5.74, 6) is 0. The van der Waals surface area contributed by atoms with Gasteiger partial charge in [-0.15, -0.1) is 0 Å². The molecular formula is C9H9BrCl2O. The van der Waals surface area contributed by atoms with Crippen LogP contribution in [0, 0.1) is 0 Å². The molecule has 0 aromatic heterocycles. The van der Waals surface area contributed by atoms with Gasteiger partial charge in [-0.3, -0.25) is 0 Å². The zero-order chi connectivity index (χ0) is 9.84. The maximum atomic E-state index is 6.00. The first kappa shape index (κ1) is 11.3. The van der Waals surface area contributed by atoms with Crippen molar-refractivity contribution >= 4 is 39.1 Å². The highest BCUT2D eigenvalue weighted by Gasteiger charge is 2.12. The van der Waals surface area contributed by atoms with Crippen LogP contribution in [0.2, 0.25) is 10.0 Å². The zero-order valence-electron chi connectivity index (χ0n) is 7.06. The third-order valence-corrected chi connectivity index (χ3v) is 2.88. The van der Waals surface area contributed by atoms with Crippen LogP contribution in [0.4, 0.5) is 0 Å². The highest BCUT2D eigenvalue weighted by molar-refractivity contribution is 9.09. The molecule has 0 bridgehead atoms. The average Bonchev–Trinajstić information content (AvgIpc) is 2.10. The highest BCUT2D eigenvalue weighted by Crippen LogP contribution is 2.28. The van der Waals surface area contributed by atoms with Gasteiger partial charge in [0.15, 0.2) is 0 Å². The maximum Gasteiger partial charge on any atom is 0.0932 e. The summed E-state index contributed by atoms with van der Waals surface area (Å²) in [6.07, 6.45) is -0.0234. The van der Waals surface area contributed by atoms with Crippen LogP contribution < -0.4 is 0 Å². The average molecular weight is 284 g/mol. The molecule has 72 valence electrons. The smallest absolute Gasteiger partial charge is 0.0932 e. The second-order valence-corrected chi connectivity index (χ2v) is 4.04. The topological polar surface area (TPSA) is 9.23 Å². The molecule has 0 spiro atoms. The van der Waals surface area contributed by atoms with Gasteiger partial charge in [0.2, 0.25) is 0 Å². The van der Waals surface area contributed by atoms with Crippen LogP contribution in [0.1, 0.15) is 11.7 Å². The molecule has 1 aromatic carbocycles. The molecule has 0 aliphatic heterocycles. The van der Waals surface area contributed by atoms with Crippen molar-refractivity contribution < 1.29 is 4.74 Å². The van der Waals surface area contributed by atoms with Crippen molar-refractivity contribution in [2.45, 2.75) is 6.10 Å². The van der Waals surface area contributed by atoms with Gasteiger partial charge >= 0.3 is 0 Å². The first-order chi connectivity index (χ1) is 6.19. The Morgan fingerprint density at radius 2 is 2.15 bits per heavy atom. The Bertz CT molecular complexity index is 287. The zero-order valence-corrected chi connectivity index (χ0v) is 10.2. The van der Waals surface area contributed by atoms with E-state index in [-0.39, 0.29) is 6.10 Å². The normalized spacial score (nSPS) is 12.9. The standard InChI is InChI=1S/C9H9BrCl2O/c1-13-9(5-10)7-3-2-6(11)4-8(7)12/h2-4,9H,5H2,1H3. The van der Waals surface area contributed by atoms with Gasteiger partial charge < -0.3 is 4.74 Å². The molecule has 0 aliphatic carbocycles. The minimum Gasteiger partial charge on any atom is -0.376 e. The van der Waals surface area contributed by atoms with E-state index in [4.69, 9.17) is 27.9 Å². The van der Waals surface area contributed by atoms with Crippen LogP contribution in [0.3, 0.4) is 0 Å². The van der Waals surface area contributed by atoms with Crippen LogP contribution >= 0.6 is 39.1 Å². The monoisotopic (exact) mass is 282 g/mol. The van der Waals surface area contributed by atoms with Gasteiger partial charge in [-0.25, -0.2) is 0 Å². The molecule has 0 heterocycles. The van der Waals surface area contributed by atoms with E-state index in [1.165, 1.54) is 0 Å². The molecule has 1 aromatic rings. The summed E-state index contributed by atoms with van der Waals surface area (Å²) in [6, 6.07) is 5.39.